The molecule has 0 atom stereocenters. The summed E-state index contributed by atoms with van der Waals surface area (Å²) in [6.07, 6.45) is -4.69. The Morgan fingerprint density at radius 1 is 1.19 bits per heavy atom. The van der Waals surface area contributed by atoms with Gasteiger partial charge in [0.1, 0.15) is 10.6 Å². The second-order valence-corrected chi connectivity index (χ2v) is 4.05. The summed E-state index contributed by atoms with van der Waals surface area (Å²) >= 11 is 0. The van der Waals surface area contributed by atoms with Gasteiger partial charge in [0, 0.05) is 0 Å². The van der Waals surface area contributed by atoms with E-state index in [9.17, 15) is 21.6 Å². The molecule has 9 heteroatoms. The largest absolute Gasteiger partial charge is 1.00 e. The summed E-state index contributed by atoms with van der Waals surface area (Å²) in [4.78, 5) is -0.963. The Kier molecular flexibility index (Phi) is 4.84. The number of aromatic hydroxyl groups is 1. The molecule has 0 bridgehead atoms. The van der Waals surface area contributed by atoms with E-state index < -0.39 is 32.5 Å². The molecule has 1 aromatic rings. The summed E-state index contributed by atoms with van der Waals surface area (Å²) in [6, 6.07) is 1.15. The topological polar surface area (TPSA) is 74.6 Å². The smallest absolute Gasteiger partial charge is 0.506 e. The van der Waals surface area contributed by atoms with Crippen LogP contribution in [-0.2, 0) is 16.3 Å². The van der Waals surface area contributed by atoms with Crippen LogP contribution in [0.3, 0.4) is 0 Å². The summed E-state index contributed by atoms with van der Waals surface area (Å²) in [6.45, 7) is 0. The van der Waals surface area contributed by atoms with Crippen molar-refractivity contribution in [1.29, 1.82) is 0 Å². The molecule has 0 aliphatic rings. The fourth-order valence-electron chi connectivity index (χ4n) is 0.912. The Balaban J connectivity index is 0.00000225. The molecule has 0 aliphatic carbocycles. The average Bonchev–Trinajstić information content (AvgIpc) is 1.99. The minimum atomic E-state index is -4.71. The summed E-state index contributed by atoms with van der Waals surface area (Å²) in [5.74, 6) is -1.15. The first-order valence-electron chi connectivity index (χ1n) is 3.50. The summed E-state index contributed by atoms with van der Waals surface area (Å²) < 4.78 is 65.8. The molecule has 0 aromatic heterocycles. The first-order valence-corrected chi connectivity index (χ1v) is 4.94. The summed E-state index contributed by atoms with van der Waals surface area (Å²) in [5, 5.41) is 8.95. The second-order valence-electron chi connectivity index (χ2n) is 2.66. The summed E-state index contributed by atoms with van der Waals surface area (Å²) in [7, 11) is -4.71. The van der Waals surface area contributed by atoms with Crippen LogP contribution in [0.5, 0.6) is 5.75 Å². The SMILES string of the molecule is O=S(=O)(O)c1ccc(C(F)(F)F)cc1O.[Na+]. The zero-order valence-corrected chi connectivity index (χ0v) is 10.8. The molecular weight excluding hydrogens is 260 g/mol. The van der Waals surface area contributed by atoms with Gasteiger partial charge in [-0.1, -0.05) is 0 Å². The first kappa shape index (κ1) is 15.7. The molecule has 0 saturated carbocycles. The molecule has 0 amide bonds. The van der Waals surface area contributed by atoms with E-state index in [1.54, 1.807) is 0 Å². The monoisotopic (exact) mass is 265 g/mol. The van der Waals surface area contributed by atoms with Gasteiger partial charge in [-0.3, -0.25) is 4.55 Å². The first-order chi connectivity index (χ1) is 6.62. The van der Waals surface area contributed by atoms with Crippen LogP contribution in [0.2, 0.25) is 0 Å². The molecule has 0 fully saturated rings. The van der Waals surface area contributed by atoms with Crippen LogP contribution in [0.15, 0.2) is 23.1 Å². The fraction of sp³-hybridized carbons (Fsp3) is 0.143. The van der Waals surface area contributed by atoms with E-state index in [0.29, 0.717) is 12.1 Å². The molecule has 0 unspecified atom stereocenters. The van der Waals surface area contributed by atoms with E-state index in [2.05, 4.69) is 0 Å². The molecule has 1 rings (SSSR count). The predicted octanol–water partition coefficient (Wildman–Crippen LogP) is -1.34. The molecule has 0 aliphatic heterocycles. The fourth-order valence-corrected chi connectivity index (χ4v) is 1.48. The average molecular weight is 265 g/mol. The quantitative estimate of drug-likeness (QED) is 0.487. The zero-order chi connectivity index (χ0) is 11.9. The van der Waals surface area contributed by atoms with E-state index in [4.69, 9.17) is 9.66 Å². The molecule has 4 nitrogen and oxygen atoms in total. The maximum absolute atomic E-state index is 12.1. The molecule has 0 saturated heterocycles. The Bertz CT molecular complexity index is 483. The predicted molar refractivity (Wildman–Crippen MR) is 42.9 cm³/mol. The van der Waals surface area contributed by atoms with Crippen LogP contribution in [0, 0.1) is 0 Å². The van der Waals surface area contributed by atoms with Gasteiger partial charge >= 0.3 is 35.7 Å². The van der Waals surface area contributed by atoms with Crippen LogP contribution in [0.1, 0.15) is 5.56 Å². The number of phenolic OH excluding ortho intramolecular Hbond substituents is 1. The zero-order valence-electron chi connectivity index (χ0n) is 7.99. The molecule has 1 aromatic carbocycles. The van der Waals surface area contributed by atoms with E-state index >= 15 is 0 Å². The van der Waals surface area contributed by atoms with Crippen molar-refractivity contribution < 1.29 is 60.8 Å². The van der Waals surface area contributed by atoms with Crippen LogP contribution in [0.25, 0.3) is 0 Å². The molecular formula is C7H5F3NaO4S+. The number of hydrogen-bond donors (Lipinski definition) is 2. The van der Waals surface area contributed by atoms with Gasteiger partial charge < -0.3 is 5.11 Å². The Hall–Kier alpha value is -0.280. The Labute approximate surface area is 111 Å². The number of benzene rings is 1. The van der Waals surface area contributed by atoms with Crippen LogP contribution >= 0.6 is 0 Å². The minimum Gasteiger partial charge on any atom is -0.506 e. The van der Waals surface area contributed by atoms with Gasteiger partial charge in [0.15, 0.2) is 0 Å². The number of rotatable bonds is 1. The van der Waals surface area contributed by atoms with Crippen molar-refractivity contribution in [3.63, 3.8) is 0 Å². The van der Waals surface area contributed by atoms with Crippen LogP contribution in [-0.4, -0.2) is 18.1 Å². The summed E-state index contributed by atoms with van der Waals surface area (Å²) in [5.41, 5.74) is -1.20. The van der Waals surface area contributed by atoms with E-state index in [0.717, 1.165) is 0 Å². The van der Waals surface area contributed by atoms with E-state index in [-0.39, 0.29) is 35.6 Å². The van der Waals surface area contributed by atoms with Gasteiger partial charge in [0.2, 0.25) is 0 Å². The third-order valence-electron chi connectivity index (χ3n) is 1.56. The minimum absolute atomic E-state index is 0. The number of halogens is 3. The normalized spacial score (nSPS) is 12.0. The maximum atomic E-state index is 12.1. The van der Waals surface area contributed by atoms with Crippen molar-refractivity contribution in [3.8, 4) is 5.75 Å². The Morgan fingerprint density at radius 3 is 2.00 bits per heavy atom. The van der Waals surface area contributed by atoms with Crippen LogP contribution in [0.4, 0.5) is 13.2 Å². The third kappa shape index (κ3) is 3.63. The van der Waals surface area contributed by atoms with Crippen molar-refractivity contribution in [3.05, 3.63) is 23.8 Å². The molecule has 0 radical (unpaired) electrons. The van der Waals surface area contributed by atoms with Gasteiger partial charge in [-0.25, -0.2) is 0 Å². The third-order valence-corrected chi connectivity index (χ3v) is 2.47. The van der Waals surface area contributed by atoms with Gasteiger partial charge in [0.05, 0.1) is 5.56 Å². The second kappa shape index (κ2) is 4.92. The standard InChI is InChI=1S/C7H5F3O4S.Na/c8-7(9,10)4-1-2-6(5(11)3-4)15(12,13)14;/h1-3,11H,(H,12,13,14);/q;+1. The molecule has 16 heavy (non-hydrogen) atoms. The molecule has 2 N–H and O–H groups in total. The van der Waals surface area contributed by atoms with E-state index in [1.807, 2.05) is 0 Å². The Morgan fingerprint density at radius 2 is 1.69 bits per heavy atom. The van der Waals surface area contributed by atoms with Gasteiger partial charge in [-0.2, -0.15) is 21.6 Å². The molecule has 0 spiro atoms. The van der Waals surface area contributed by atoms with Gasteiger partial charge in [-0.05, 0) is 18.2 Å². The van der Waals surface area contributed by atoms with Crippen molar-refractivity contribution >= 4 is 10.1 Å². The van der Waals surface area contributed by atoms with Crippen molar-refractivity contribution in [2.24, 2.45) is 0 Å². The van der Waals surface area contributed by atoms with Crippen molar-refractivity contribution in [2.45, 2.75) is 11.1 Å². The molecule has 0 heterocycles. The maximum Gasteiger partial charge on any atom is 1.00 e. The van der Waals surface area contributed by atoms with E-state index in [1.165, 1.54) is 0 Å². The molecule has 84 valence electrons. The van der Waals surface area contributed by atoms with Gasteiger partial charge in [-0.15, -0.1) is 0 Å². The number of hydrogen-bond acceptors (Lipinski definition) is 3. The van der Waals surface area contributed by atoms with Gasteiger partial charge in [0.25, 0.3) is 10.1 Å². The van der Waals surface area contributed by atoms with Crippen molar-refractivity contribution in [2.75, 3.05) is 0 Å². The van der Waals surface area contributed by atoms with Crippen molar-refractivity contribution in [1.82, 2.24) is 0 Å². The number of phenols is 1. The number of alkyl halides is 3. The van der Waals surface area contributed by atoms with Crippen LogP contribution < -0.4 is 29.6 Å².